The molecule has 1 aliphatic carbocycles. The van der Waals surface area contributed by atoms with Gasteiger partial charge in [0, 0.05) is 23.1 Å². The Balaban J connectivity index is 1.29. The molecule has 3 aromatic carbocycles. The predicted octanol–water partition coefficient (Wildman–Crippen LogP) is 6.64. The third-order valence-corrected chi connectivity index (χ3v) is 8.97. The number of benzene rings is 3. The molecule has 1 N–H and O–H groups in total. The maximum absolute atomic E-state index is 13.7. The van der Waals surface area contributed by atoms with E-state index in [1.165, 1.54) is 4.90 Å². The third-order valence-electron chi connectivity index (χ3n) is 8.48. The van der Waals surface area contributed by atoms with E-state index in [0.29, 0.717) is 38.2 Å². The van der Waals surface area contributed by atoms with E-state index in [2.05, 4.69) is 28.1 Å². The van der Waals surface area contributed by atoms with Crippen LogP contribution in [-0.4, -0.2) is 43.3 Å². The largest absolute Gasteiger partial charge is 0.507 e. The van der Waals surface area contributed by atoms with Crippen LogP contribution in [0.4, 0.5) is 5.69 Å². The number of ether oxygens (including phenoxy) is 2. The van der Waals surface area contributed by atoms with Crippen molar-refractivity contribution in [3.63, 3.8) is 0 Å². The van der Waals surface area contributed by atoms with Crippen LogP contribution in [0.15, 0.2) is 94.5 Å². The molecule has 0 unspecified atom stereocenters. The van der Waals surface area contributed by atoms with Crippen LogP contribution in [0.1, 0.15) is 30.4 Å². The molecule has 2 aliphatic heterocycles. The summed E-state index contributed by atoms with van der Waals surface area (Å²) < 4.78 is 12.9. The summed E-state index contributed by atoms with van der Waals surface area (Å²) in [6.07, 6.45) is 3.76. The summed E-state index contributed by atoms with van der Waals surface area (Å²) in [5.74, 6) is -1.02. The number of anilines is 1. The number of amides is 2. The van der Waals surface area contributed by atoms with Gasteiger partial charge >= 0.3 is 0 Å². The number of aromatic hydroxyl groups is 1. The van der Waals surface area contributed by atoms with Gasteiger partial charge in [0.2, 0.25) is 11.8 Å². The molecule has 41 heavy (non-hydrogen) atoms. The number of halogens is 1. The number of methoxy groups -OCH3 is 1. The summed E-state index contributed by atoms with van der Waals surface area (Å²) in [5.41, 5.74) is 5.71. The maximum atomic E-state index is 13.7. The summed E-state index contributed by atoms with van der Waals surface area (Å²) in [7, 11) is 1.66. The number of hydrogen-bond acceptors (Lipinski definition) is 5. The molecule has 2 heterocycles. The number of rotatable bonds is 8. The first kappa shape index (κ1) is 27.6. The van der Waals surface area contributed by atoms with E-state index in [0.717, 1.165) is 32.3 Å². The Morgan fingerprint density at radius 3 is 2.49 bits per heavy atom. The Labute approximate surface area is 248 Å². The highest BCUT2D eigenvalue weighted by molar-refractivity contribution is 9.10. The van der Waals surface area contributed by atoms with Crippen LogP contribution in [0.2, 0.25) is 0 Å². The lowest BCUT2D eigenvalue weighted by Crippen LogP contribution is -2.35. The van der Waals surface area contributed by atoms with Gasteiger partial charge in [-0.05, 0) is 78.0 Å². The summed E-state index contributed by atoms with van der Waals surface area (Å²) in [5, 5.41) is 10.5. The summed E-state index contributed by atoms with van der Waals surface area (Å²) in [6, 6.07) is 24.7. The number of carbonyl (C=O) groups excluding carboxylic acids is 2. The fraction of sp³-hybridized carbons (Fsp3) is 0.294. The maximum Gasteiger partial charge on any atom is 0.238 e. The molecular formula is C34H32BrNO5. The highest BCUT2D eigenvalue weighted by Crippen LogP contribution is 2.50. The van der Waals surface area contributed by atoms with Crippen LogP contribution in [0.25, 0.3) is 11.6 Å². The fourth-order valence-electron chi connectivity index (χ4n) is 6.68. The minimum Gasteiger partial charge on any atom is -0.507 e. The van der Waals surface area contributed by atoms with E-state index in [1.54, 1.807) is 13.2 Å². The van der Waals surface area contributed by atoms with Gasteiger partial charge in [-0.3, -0.25) is 14.5 Å². The Bertz CT molecular complexity index is 1520. The van der Waals surface area contributed by atoms with Crippen molar-refractivity contribution in [2.24, 2.45) is 17.8 Å². The first-order valence-corrected chi connectivity index (χ1v) is 14.7. The normalized spacial score (nSPS) is 24.1. The molecule has 6 rings (SSSR count). The van der Waals surface area contributed by atoms with E-state index in [-0.39, 0.29) is 29.6 Å². The number of fused-ring (bicyclic) bond motifs is 3. The van der Waals surface area contributed by atoms with E-state index in [4.69, 9.17) is 9.47 Å². The number of allylic oxidation sites excluding steroid dienone is 1. The number of phenolic OH excluding ortho intramolecular Hbond substituents is 1. The van der Waals surface area contributed by atoms with Crippen molar-refractivity contribution in [1.29, 1.82) is 0 Å². The first-order chi connectivity index (χ1) is 20.0. The second-order valence-electron chi connectivity index (χ2n) is 10.9. The van der Waals surface area contributed by atoms with Gasteiger partial charge in [-0.1, -0.05) is 64.5 Å². The molecule has 6 nitrogen and oxygen atoms in total. The molecule has 0 radical (unpaired) electrons. The quantitative estimate of drug-likeness (QED) is 0.175. The van der Waals surface area contributed by atoms with Crippen molar-refractivity contribution in [3.8, 4) is 5.75 Å². The molecule has 4 atom stereocenters. The second-order valence-corrected chi connectivity index (χ2v) is 11.8. The Hall–Kier alpha value is -3.52. The average Bonchev–Trinajstić information content (AvgIpc) is 3.52. The molecule has 0 bridgehead atoms. The minimum absolute atomic E-state index is 0.134. The Kier molecular flexibility index (Phi) is 7.93. The molecule has 7 heteroatoms. The number of imide groups is 1. The van der Waals surface area contributed by atoms with Crippen molar-refractivity contribution >= 4 is 45.1 Å². The Morgan fingerprint density at radius 2 is 1.76 bits per heavy atom. The van der Waals surface area contributed by atoms with Gasteiger partial charge in [0.15, 0.2) is 0 Å². The number of carbonyl (C=O) groups is 2. The molecule has 210 valence electrons. The van der Waals surface area contributed by atoms with Gasteiger partial charge in [0.25, 0.3) is 0 Å². The molecule has 0 spiro atoms. The molecule has 3 aliphatic rings. The molecular weight excluding hydrogens is 582 g/mol. The number of para-hydroxylation sites is 1. The van der Waals surface area contributed by atoms with Crippen LogP contribution < -0.4 is 4.90 Å². The van der Waals surface area contributed by atoms with Gasteiger partial charge in [-0.25, -0.2) is 0 Å². The van der Waals surface area contributed by atoms with E-state index in [1.807, 2.05) is 66.7 Å². The molecule has 2 fully saturated rings. The standard InChI is InChI=1S/C34H32BrNO5/c1-40-19-24-18-27-32(34(39)36(33(27)38)26-10-6-3-7-11-26)28-20-41-30(31(24)28)15-12-22(21-8-4-2-5-9-21)16-23-17-25(35)13-14-29(23)37/h2-11,13-14,16-17,27-28,30,32,37H,12,15,18-20H2,1H3/b22-16-/t27-,28+,30-,32-/m1/s1. The molecule has 0 saturated carbocycles. The summed E-state index contributed by atoms with van der Waals surface area (Å²) >= 11 is 3.51. The lowest BCUT2D eigenvalue weighted by atomic mass is 9.69. The Morgan fingerprint density at radius 1 is 1.02 bits per heavy atom. The zero-order chi connectivity index (χ0) is 28.5. The van der Waals surface area contributed by atoms with Crippen LogP contribution in [0, 0.1) is 17.8 Å². The minimum atomic E-state index is -0.425. The number of nitrogens with zero attached hydrogens (tertiary/aromatic N) is 1. The zero-order valence-corrected chi connectivity index (χ0v) is 24.4. The van der Waals surface area contributed by atoms with Crippen molar-refractivity contribution < 1.29 is 24.2 Å². The second kappa shape index (κ2) is 11.8. The van der Waals surface area contributed by atoms with E-state index < -0.39 is 11.8 Å². The fourth-order valence-corrected chi connectivity index (χ4v) is 7.06. The molecule has 2 saturated heterocycles. The lowest BCUT2D eigenvalue weighted by Gasteiger charge is -2.31. The zero-order valence-electron chi connectivity index (χ0n) is 22.8. The van der Waals surface area contributed by atoms with Crippen molar-refractivity contribution in [2.45, 2.75) is 25.4 Å². The van der Waals surface area contributed by atoms with Gasteiger partial charge in [-0.15, -0.1) is 0 Å². The van der Waals surface area contributed by atoms with Gasteiger partial charge in [0.05, 0.1) is 36.8 Å². The summed E-state index contributed by atoms with van der Waals surface area (Å²) in [4.78, 5) is 28.6. The van der Waals surface area contributed by atoms with Crippen LogP contribution in [0.5, 0.6) is 5.75 Å². The van der Waals surface area contributed by atoms with Crippen LogP contribution >= 0.6 is 15.9 Å². The smallest absolute Gasteiger partial charge is 0.238 e. The SMILES string of the molecule is COCC1=C2[C@@H](CC/C(=C/c3cc(Br)ccc3O)c3ccccc3)OC[C@@H]2[C@@H]2C(=O)N(c3ccccc3)C(=O)[C@@H]2C1. The van der Waals surface area contributed by atoms with Gasteiger partial charge in [0.1, 0.15) is 5.75 Å². The highest BCUT2D eigenvalue weighted by atomic mass is 79.9. The molecule has 0 aromatic heterocycles. The predicted molar refractivity (Wildman–Crippen MR) is 162 cm³/mol. The summed E-state index contributed by atoms with van der Waals surface area (Å²) in [6.45, 7) is 0.821. The van der Waals surface area contributed by atoms with Crippen LogP contribution in [-0.2, 0) is 19.1 Å². The van der Waals surface area contributed by atoms with E-state index in [9.17, 15) is 14.7 Å². The van der Waals surface area contributed by atoms with Gasteiger partial charge in [-0.2, -0.15) is 0 Å². The third kappa shape index (κ3) is 5.30. The topological polar surface area (TPSA) is 76.1 Å². The van der Waals surface area contributed by atoms with Crippen molar-refractivity contribution in [3.05, 3.63) is 106 Å². The number of hydrogen-bond donors (Lipinski definition) is 1. The van der Waals surface area contributed by atoms with Crippen LogP contribution in [0.3, 0.4) is 0 Å². The number of phenols is 1. The van der Waals surface area contributed by atoms with E-state index >= 15 is 0 Å². The average molecular weight is 615 g/mol. The van der Waals surface area contributed by atoms with Gasteiger partial charge < -0.3 is 14.6 Å². The first-order valence-electron chi connectivity index (χ1n) is 14.0. The lowest BCUT2D eigenvalue weighted by molar-refractivity contribution is -0.122. The highest BCUT2D eigenvalue weighted by Gasteiger charge is 2.57. The molecule has 2 amide bonds. The van der Waals surface area contributed by atoms with Crippen molar-refractivity contribution in [1.82, 2.24) is 0 Å². The van der Waals surface area contributed by atoms with Crippen molar-refractivity contribution in [2.75, 3.05) is 25.2 Å². The molecule has 3 aromatic rings. The monoisotopic (exact) mass is 613 g/mol.